The van der Waals surface area contributed by atoms with Crippen LogP contribution in [0, 0.1) is 11.6 Å². The van der Waals surface area contributed by atoms with Gasteiger partial charge in [-0.25, -0.2) is 22.3 Å². The Labute approximate surface area is 142 Å². The highest BCUT2D eigenvalue weighted by Crippen LogP contribution is 2.29. The molecule has 25 heavy (non-hydrogen) atoms. The maximum atomic E-state index is 14.1. The Balaban J connectivity index is 2.32. The van der Waals surface area contributed by atoms with Gasteiger partial charge >= 0.3 is 0 Å². The number of amides is 1. The number of rotatable bonds is 5. The van der Waals surface area contributed by atoms with Gasteiger partial charge in [-0.15, -0.1) is 0 Å². The molecule has 0 radical (unpaired) electrons. The second-order valence-corrected chi connectivity index (χ2v) is 6.69. The van der Waals surface area contributed by atoms with Gasteiger partial charge < -0.3 is 10.5 Å². The van der Waals surface area contributed by atoms with Crippen molar-refractivity contribution >= 4 is 22.0 Å². The minimum Gasteiger partial charge on any atom is -0.451 e. The predicted octanol–water partition coefficient (Wildman–Crippen LogP) is 2.29. The van der Waals surface area contributed by atoms with E-state index in [1.807, 2.05) is 0 Å². The fraction of sp³-hybridized carbons (Fsp3) is 0.0625. The summed E-state index contributed by atoms with van der Waals surface area (Å²) >= 11 is 0. The van der Waals surface area contributed by atoms with E-state index in [2.05, 4.69) is 0 Å². The van der Waals surface area contributed by atoms with E-state index >= 15 is 0 Å². The Hall–Kier alpha value is -2.78. The number of ether oxygens (including phenoxy) is 1. The lowest BCUT2D eigenvalue weighted by Crippen LogP contribution is -2.11. The first-order valence-electron chi connectivity index (χ1n) is 6.86. The van der Waals surface area contributed by atoms with Crippen molar-refractivity contribution in [3.05, 3.63) is 59.2 Å². The molecule has 0 spiro atoms. The highest BCUT2D eigenvalue weighted by Gasteiger charge is 2.14. The van der Waals surface area contributed by atoms with Gasteiger partial charge in [-0.05, 0) is 55.0 Å². The van der Waals surface area contributed by atoms with Gasteiger partial charge in [0.05, 0.1) is 4.90 Å². The van der Waals surface area contributed by atoms with Gasteiger partial charge in [0.1, 0.15) is 5.75 Å². The molecule has 2 aromatic carbocycles. The van der Waals surface area contributed by atoms with E-state index in [0.29, 0.717) is 0 Å². The van der Waals surface area contributed by atoms with Crippen LogP contribution in [-0.4, -0.2) is 14.3 Å². The molecule has 0 aromatic heterocycles. The summed E-state index contributed by atoms with van der Waals surface area (Å²) in [4.78, 5) is 10.8. The summed E-state index contributed by atoms with van der Waals surface area (Å²) in [7, 11) is -3.88. The summed E-state index contributed by atoms with van der Waals surface area (Å²) < 4.78 is 55.6. The fourth-order valence-corrected chi connectivity index (χ4v) is 2.41. The summed E-state index contributed by atoms with van der Waals surface area (Å²) in [6, 6.07) is 6.67. The van der Waals surface area contributed by atoms with Crippen LogP contribution in [0.1, 0.15) is 12.5 Å². The Morgan fingerprint density at radius 3 is 2.08 bits per heavy atom. The quantitative estimate of drug-likeness (QED) is 0.789. The van der Waals surface area contributed by atoms with Crippen molar-refractivity contribution in [1.82, 2.24) is 0 Å². The highest BCUT2D eigenvalue weighted by molar-refractivity contribution is 7.89. The lowest BCUT2D eigenvalue weighted by molar-refractivity contribution is -0.114. The van der Waals surface area contributed by atoms with E-state index in [0.717, 1.165) is 24.3 Å². The number of primary sulfonamides is 1. The molecule has 9 heteroatoms. The molecule has 0 fully saturated rings. The van der Waals surface area contributed by atoms with Crippen molar-refractivity contribution in [3.8, 4) is 11.5 Å². The largest absolute Gasteiger partial charge is 0.451 e. The lowest BCUT2D eigenvalue weighted by atomic mass is 10.1. The average Bonchev–Trinajstić information content (AvgIpc) is 2.50. The summed E-state index contributed by atoms with van der Waals surface area (Å²) in [5.74, 6) is -3.37. The maximum absolute atomic E-state index is 14.1. The maximum Gasteiger partial charge on any atom is 0.244 e. The first-order valence-corrected chi connectivity index (χ1v) is 8.40. The van der Waals surface area contributed by atoms with Crippen molar-refractivity contribution in [2.45, 2.75) is 11.8 Å². The zero-order valence-corrected chi connectivity index (χ0v) is 13.8. The van der Waals surface area contributed by atoms with Crippen molar-refractivity contribution in [3.63, 3.8) is 0 Å². The van der Waals surface area contributed by atoms with Gasteiger partial charge in [0.15, 0.2) is 17.4 Å². The SMILES string of the molecule is CC(=Cc1cc(F)c(Oc2ccc(S(N)(=O)=O)cc2)c(F)c1)C(N)=O. The third-order valence-corrected chi connectivity index (χ3v) is 4.09. The van der Waals surface area contributed by atoms with Crippen molar-refractivity contribution in [1.29, 1.82) is 0 Å². The van der Waals surface area contributed by atoms with E-state index in [9.17, 15) is 22.0 Å². The molecule has 1 amide bonds. The number of nitrogens with two attached hydrogens (primary N) is 2. The summed E-state index contributed by atoms with van der Waals surface area (Å²) in [6.45, 7) is 1.41. The van der Waals surface area contributed by atoms with Crippen LogP contribution in [-0.2, 0) is 14.8 Å². The molecule has 0 aliphatic heterocycles. The van der Waals surface area contributed by atoms with Crippen LogP contribution >= 0.6 is 0 Å². The van der Waals surface area contributed by atoms with Crippen LogP contribution in [0.4, 0.5) is 8.78 Å². The predicted molar refractivity (Wildman–Crippen MR) is 87.1 cm³/mol. The molecule has 0 saturated carbocycles. The van der Waals surface area contributed by atoms with Crippen LogP contribution < -0.4 is 15.6 Å². The van der Waals surface area contributed by atoms with E-state index < -0.39 is 33.3 Å². The minimum absolute atomic E-state index is 0.0156. The number of carbonyl (C=O) groups is 1. The highest BCUT2D eigenvalue weighted by atomic mass is 32.2. The Morgan fingerprint density at radius 1 is 1.12 bits per heavy atom. The molecule has 0 aliphatic rings. The molecule has 2 rings (SSSR count). The first-order chi connectivity index (χ1) is 11.6. The van der Waals surface area contributed by atoms with Crippen LogP contribution in [0.25, 0.3) is 6.08 Å². The molecule has 0 aliphatic carbocycles. The normalized spacial score (nSPS) is 12.1. The van der Waals surface area contributed by atoms with Gasteiger partial charge in [-0.3, -0.25) is 4.79 Å². The zero-order chi connectivity index (χ0) is 18.8. The number of benzene rings is 2. The van der Waals surface area contributed by atoms with Crippen LogP contribution in [0.2, 0.25) is 0 Å². The van der Waals surface area contributed by atoms with E-state index in [1.54, 1.807) is 0 Å². The average molecular weight is 368 g/mol. The van der Waals surface area contributed by atoms with Gasteiger partial charge in [0.25, 0.3) is 0 Å². The minimum atomic E-state index is -3.88. The summed E-state index contributed by atoms with van der Waals surface area (Å²) in [5.41, 5.74) is 5.29. The first kappa shape index (κ1) is 18.6. The molecule has 0 heterocycles. The molecular formula is C16H14F2N2O4S. The van der Waals surface area contributed by atoms with Gasteiger partial charge in [-0.1, -0.05) is 0 Å². The Bertz CT molecular complexity index is 932. The van der Waals surface area contributed by atoms with Crippen LogP contribution in [0.5, 0.6) is 11.5 Å². The van der Waals surface area contributed by atoms with E-state index in [1.165, 1.54) is 25.1 Å². The van der Waals surface area contributed by atoms with Gasteiger partial charge in [0.2, 0.25) is 15.9 Å². The van der Waals surface area contributed by atoms with Crippen molar-refractivity contribution in [2.24, 2.45) is 10.9 Å². The molecule has 0 atom stereocenters. The molecular weight excluding hydrogens is 354 g/mol. The van der Waals surface area contributed by atoms with Crippen molar-refractivity contribution in [2.75, 3.05) is 0 Å². The zero-order valence-electron chi connectivity index (χ0n) is 13.0. The molecule has 0 unspecified atom stereocenters. The van der Waals surface area contributed by atoms with Crippen molar-refractivity contribution < 1.29 is 26.7 Å². The number of hydrogen-bond acceptors (Lipinski definition) is 4. The number of halogens is 2. The topological polar surface area (TPSA) is 112 Å². The molecule has 4 N–H and O–H groups in total. The number of sulfonamides is 1. The second kappa shape index (κ2) is 6.99. The Morgan fingerprint density at radius 2 is 1.64 bits per heavy atom. The van der Waals surface area contributed by atoms with E-state index in [-0.39, 0.29) is 21.8 Å². The van der Waals surface area contributed by atoms with Gasteiger partial charge in [0, 0.05) is 5.57 Å². The Kier molecular flexibility index (Phi) is 5.19. The third kappa shape index (κ3) is 4.61. The number of primary amides is 1. The third-order valence-electron chi connectivity index (χ3n) is 3.16. The van der Waals surface area contributed by atoms with Crippen LogP contribution in [0.3, 0.4) is 0 Å². The standard InChI is InChI=1S/C16H14F2N2O4S/c1-9(16(19)21)6-10-7-13(17)15(14(18)8-10)24-11-2-4-12(5-3-11)25(20,22)23/h2-8H,1H3,(H2,19,21)(H2,20,22,23). The van der Waals surface area contributed by atoms with E-state index in [4.69, 9.17) is 15.6 Å². The van der Waals surface area contributed by atoms with Gasteiger partial charge in [-0.2, -0.15) is 0 Å². The smallest absolute Gasteiger partial charge is 0.244 e. The van der Waals surface area contributed by atoms with Crippen LogP contribution in [0.15, 0.2) is 46.9 Å². The second-order valence-electron chi connectivity index (χ2n) is 5.12. The molecule has 6 nitrogen and oxygen atoms in total. The molecule has 0 bridgehead atoms. The molecule has 132 valence electrons. The fourth-order valence-electron chi connectivity index (χ4n) is 1.90. The lowest BCUT2D eigenvalue weighted by Gasteiger charge is -2.09. The number of hydrogen-bond donors (Lipinski definition) is 2. The summed E-state index contributed by atoms with van der Waals surface area (Å²) in [6.07, 6.45) is 1.24. The molecule has 2 aromatic rings. The number of carbonyl (C=O) groups excluding carboxylic acids is 1. The monoisotopic (exact) mass is 368 g/mol. The molecule has 0 saturated heterocycles. The summed E-state index contributed by atoms with van der Waals surface area (Å²) in [5, 5.41) is 4.96.